The normalized spacial score (nSPS) is 18.4. The number of amides is 2. The molecular formula is C27H34N4O5. The van der Waals surface area contributed by atoms with E-state index in [1.807, 2.05) is 43.3 Å². The van der Waals surface area contributed by atoms with Crippen LogP contribution in [0.5, 0.6) is 11.5 Å². The monoisotopic (exact) mass is 494 g/mol. The Morgan fingerprint density at radius 1 is 0.944 bits per heavy atom. The van der Waals surface area contributed by atoms with E-state index >= 15 is 0 Å². The molecule has 9 nitrogen and oxygen atoms in total. The smallest absolute Gasteiger partial charge is 0.338 e. The van der Waals surface area contributed by atoms with E-state index in [0.29, 0.717) is 24.4 Å². The SMILES string of the molecule is CCOC(=O)C1=C(CN2CCN(c3ccc(OC)cc3)CC2)NC(=O)NC1c1ccc(OCC)cc1. The number of nitrogens with zero attached hydrogens (tertiary/aromatic N) is 2. The molecule has 0 radical (unpaired) electrons. The molecule has 2 N–H and O–H groups in total. The molecule has 2 aliphatic rings. The molecule has 2 amide bonds. The average Bonchev–Trinajstić information content (AvgIpc) is 2.89. The van der Waals surface area contributed by atoms with Crippen molar-refractivity contribution in [3.05, 3.63) is 65.4 Å². The van der Waals surface area contributed by atoms with Crippen LogP contribution >= 0.6 is 0 Å². The van der Waals surface area contributed by atoms with Crippen molar-refractivity contribution in [1.82, 2.24) is 15.5 Å². The van der Waals surface area contributed by atoms with Gasteiger partial charge >= 0.3 is 12.0 Å². The zero-order valence-corrected chi connectivity index (χ0v) is 21.1. The average molecular weight is 495 g/mol. The van der Waals surface area contributed by atoms with Crippen LogP contribution in [0.3, 0.4) is 0 Å². The predicted octanol–water partition coefficient (Wildman–Crippen LogP) is 3.09. The molecule has 1 fully saturated rings. The van der Waals surface area contributed by atoms with Crippen molar-refractivity contribution in [2.75, 3.05) is 57.9 Å². The maximum atomic E-state index is 13.1. The van der Waals surface area contributed by atoms with Crippen LogP contribution in [-0.2, 0) is 9.53 Å². The van der Waals surface area contributed by atoms with E-state index in [1.54, 1.807) is 14.0 Å². The molecule has 1 saturated heterocycles. The maximum absolute atomic E-state index is 13.1. The van der Waals surface area contributed by atoms with Crippen molar-refractivity contribution < 1.29 is 23.8 Å². The first kappa shape index (κ1) is 25.4. The number of ether oxygens (including phenoxy) is 3. The summed E-state index contributed by atoms with van der Waals surface area (Å²) >= 11 is 0. The zero-order valence-electron chi connectivity index (χ0n) is 21.1. The summed E-state index contributed by atoms with van der Waals surface area (Å²) in [5.74, 6) is 1.13. The second-order valence-electron chi connectivity index (χ2n) is 8.61. The molecule has 2 heterocycles. The lowest BCUT2D eigenvalue weighted by Crippen LogP contribution is -2.51. The van der Waals surface area contributed by atoms with Gasteiger partial charge in [-0.05, 0) is 55.8 Å². The summed E-state index contributed by atoms with van der Waals surface area (Å²) < 4.78 is 16.2. The first-order valence-corrected chi connectivity index (χ1v) is 12.3. The van der Waals surface area contributed by atoms with Gasteiger partial charge in [0.1, 0.15) is 11.5 Å². The lowest BCUT2D eigenvalue weighted by atomic mass is 9.94. The van der Waals surface area contributed by atoms with Crippen LogP contribution < -0.4 is 25.0 Å². The van der Waals surface area contributed by atoms with Gasteiger partial charge in [0, 0.05) is 44.1 Å². The number of esters is 1. The number of methoxy groups -OCH3 is 1. The van der Waals surface area contributed by atoms with Crippen molar-refractivity contribution in [2.45, 2.75) is 19.9 Å². The van der Waals surface area contributed by atoms with Gasteiger partial charge in [0.05, 0.1) is 31.9 Å². The second kappa shape index (κ2) is 11.8. The standard InChI is InChI=1S/C27H34N4O5/c1-4-35-22-10-6-19(7-11-22)25-24(26(32)36-5-2)23(28-27(33)29-25)18-30-14-16-31(17-15-30)20-8-12-21(34-3)13-9-20/h6-13,25H,4-5,14-18H2,1-3H3,(H2,28,29,33). The van der Waals surface area contributed by atoms with Crippen molar-refractivity contribution in [3.8, 4) is 11.5 Å². The molecule has 0 saturated carbocycles. The highest BCUT2D eigenvalue weighted by Crippen LogP contribution is 2.30. The topological polar surface area (TPSA) is 92.4 Å². The summed E-state index contributed by atoms with van der Waals surface area (Å²) in [6, 6.07) is 14.5. The fraction of sp³-hybridized carbons (Fsp3) is 0.407. The fourth-order valence-electron chi connectivity index (χ4n) is 4.55. The van der Waals surface area contributed by atoms with Crippen LogP contribution in [0.4, 0.5) is 10.5 Å². The minimum Gasteiger partial charge on any atom is -0.497 e. The number of anilines is 1. The largest absolute Gasteiger partial charge is 0.497 e. The van der Waals surface area contributed by atoms with Gasteiger partial charge in [0.25, 0.3) is 0 Å². The molecule has 192 valence electrons. The lowest BCUT2D eigenvalue weighted by molar-refractivity contribution is -0.139. The Morgan fingerprint density at radius 3 is 2.22 bits per heavy atom. The number of rotatable bonds is 9. The fourth-order valence-corrected chi connectivity index (χ4v) is 4.55. The molecule has 0 bridgehead atoms. The number of nitrogens with one attached hydrogen (secondary N) is 2. The van der Waals surface area contributed by atoms with E-state index in [2.05, 4.69) is 32.6 Å². The van der Waals surface area contributed by atoms with Crippen LogP contribution in [0.2, 0.25) is 0 Å². The Kier molecular flexibility index (Phi) is 8.32. The van der Waals surface area contributed by atoms with Gasteiger partial charge in [0.2, 0.25) is 0 Å². The van der Waals surface area contributed by atoms with E-state index in [9.17, 15) is 9.59 Å². The summed E-state index contributed by atoms with van der Waals surface area (Å²) in [7, 11) is 1.66. The van der Waals surface area contributed by atoms with E-state index in [0.717, 1.165) is 48.9 Å². The maximum Gasteiger partial charge on any atom is 0.338 e. The van der Waals surface area contributed by atoms with Gasteiger partial charge < -0.3 is 29.7 Å². The van der Waals surface area contributed by atoms with E-state index in [-0.39, 0.29) is 12.6 Å². The molecular weight excluding hydrogens is 460 g/mol. The Morgan fingerprint density at radius 2 is 1.61 bits per heavy atom. The number of hydrogen-bond donors (Lipinski definition) is 2. The first-order chi connectivity index (χ1) is 17.5. The van der Waals surface area contributed by atoms with Crippen LogP contribution in [0.1, 0.15) is 25.5 Å². The van der Waals surface area contributed by atoms with Crippen LogP contribution in [0.15, 0.2) is 59.8 Å². The highest BCUT2D eigenvalue weighted by Gasteiger charge is 2.34. The van der Waals surface area contributed by atoms with Gasteiger partial charge in [0.15, 0.2) is 0 Å². The number of piperazine rings is 1. The summed E-state index contributed by atoms with van der Waals surface area (Å²) in [5.41, 5.74) is 2.94. The number of urea groups is 1. The zero-order chi connectivity index (χ0) is 25.5. The van der Waals surface area contributed by atoms with Crippen LogP contribution in [0.25, 0.3) is 0 Å². The highest BCUT2D eigenvalue weighted by molar-refractivity contribution is 5.95. The molecule has 1 unspecified atom stereocenters. The summed E-state index contributed by atoms with van der Waals surface area (Å²) in [6.45, 7) is 8.22. The van der Waals surface area contributed by atoms with Gasteiger partial charge in [-0.1, -0.05) is 12.1 Å². The van der Waals surface area contributed by atoms with Crippen molar-refractivity contribution in [1.29, 1.82) is 0 Å². The van der Waals surface area contributed by atoms with Gasteiger partial charge in [-0.15, -0.1) is 0 Å². The highest BCUT2D eigenvalue weighted by atomic mass is 16.5. The molecule has 2 aromatic carbocycles. The molecule has 4 rings (SSSR count). The Hall–Kier alpha value is -3.72. The summed E-state index contributed by atoms with van der Waals surface area (Å²) in [6.07, 6.45) is 0. The Labute approximate surface area is 212 Å². The predicted molar refractivity (Wildman–Crippen MR) is 137 cm³/mol. The van der Waals surface area contributed by atoms with Gasteiger partial charge in [-0.3, -0.25) is 4.90 Å². The third kappa shape index (κ3) is 5.91. The number of hydrogen-bond acceptors (Lipinski definition) is 7. The molecule has 36 heavy (non-hydrogen) atoms. The molecule has 2 aromatic rings. The molecule has 0 spiro atoms. The van der Waals surface area contributed by atoms with Crippen molar-refractivity contribution in [2.24, 2.45) is 0 Å². The minimum absolute atomic E-state index is 0.250. The lowest BCUT2D eigenvalue weighted by Gasteiger charge is -2.38. The van der Waals surface area contributed by atoms with E-state index in [4.69, 9.17) is 14.2 Å². The van der Waals surface area contributed by atoms with E-state index < -0.39 is 12.0 Å². The third-order valence-corrected chi connectivity index (χ3v) is 6.37. The molecule has 1 atom stereocenters. The third-order valence-electron chi connectivity index (χ3n) is 6.37. The van der Waals surface area contributed by atoms with Gasteiger partial charge in [-0.2, -0.15) is 0 Å². The Bertz CT molecular complexity index is 1080. The minimum atomic E-state index is -0.607. The van der Waals surface area contributed by atoms with Gasteiger partial charge in [-0.25, -0.2) is 9.59 Å². The first-order valence-electron chi connectivity index (χ1n) is 12.3. The Balaban J connectivity index is 1.52. The van der Waals surface area contributed by atoms with E-state index in [1.165, 1.54) is 0 Å². The summed E-state index contributed by atoms with van der Waals surface area (Å²) in [4.78, 5) is 30.2. The second-order valence-corrected chi connectivity index (χ2v) is 8.61. The number of carbonyl (C=O) groups excluding carboxylic acids is 2. The number of benzene rings is 2. The molecule has 9 heteroatoms. The van der Waals surface area contributed by atoms with Crippen molar-refractivity contribution in [3.63, 3.8) is 0 Å². The van der Waals surface area contributed by atoms with Crippen molar-refractivity contribution >= 4 is 17.7 Å². The molecule has 2 aliphatic heterocycles. The summed E-state index contributed by atoms with van der Waals surface area (Å²) in [5, 5.41) is 5.77. The van der Waals surface area contributed by atoms with Crippen LogP contribution in [-0.4, -0.2) is 69.9 Å². The quantitative estimate of drug-likeness (QED) is 0.518. The molecule has 0 aliphatic carbocycles. The van der Waals surface area contributed by atoms with Crippen LogP contribution in [0, 0.1) is 0 Å². The molecule has 0 aromatic heterocycles. The number of carbonyl (C=O) groups is 2.